The highest BCUT2D eigenvalue weighted by Crippen LogP contribution is 2.40. The smallest absolute Gasteiger partial charge is 0.0511 e. The molecule has 5 heteroatoms. The minimum Gasteiger partial charge on any atom is -0.260 e. The molecule has 0 radical (unpaired) electrons. The van der Waals surface area contributed by atoms with Crippen LogP contribution in [0.3, 0.4) is 0 Å². The molecule has 2 heterocycles. The molecule has 2 aromatic heterocycles. The molecule has 0 aliphatic rings. The summed E-state index contributed by atoms with van der Waals surface area (Å²) in [5.41, 5.74) is 2.59. The molecular weight excluding hydrogens is 322 g/mol. The van der Waals surface area contributed by atoms with E-state index >= 15 is 0 Å². The highest BCUT2D eigenvalue weighted by Gasteiger charge is 2.03. The molecule has 102 valence electrons. The lowest BCUT2D eigenvalue weighted by atomic mass is 10.2. The van der Waals surface area contributed by atoms with E-state index in [0.29, 0.717) is 0 Å². The van der Waals surface area contributed by atoms with Crippen molar-refractivity contribution >= 4 is 52.8 Å². The lowest BCUT2D eigenvalue weighted by Crippen LogP contribution is -1.81. The van der Waals surface area contributed by atoms with E-state index in [-0.39, 0.29) is 0 Å². The second kappa shape index (κ2) is 7.41. The van der Waals surface area contributed by atoms with Crippen molar-refractivity contribution in [2.24, 2.45) is 0 Å². The number of benzene rings is 1. The van der Waals surface area contributed by atoms with Gasteiger partial charge in [0, 0.05) is 22.4 Å². The van der Waals surface area contributed by atoms with Crippen LogP contribution in [0.4, 0.5) is 0 Å². The first-order valence-electron chi connectivity index (χ1n) is 6.19. The lowest BCUT2D eigenvalue weighted by Gasteiger charge is -2.00. The Balaban J connectivity index is 1.46. The first-order chi connectivity index (χ1) is 9.93. The van der Waals surface area contributed by atoms with Crippen molar-refractivity contribution < 1.29 is 0 Å². The standard InChI is InChI=1S/C15H13NS4/c1-2-7-15-14(6-1)12(9-17-15)10-18-20-19-11-13-5-3-4-8-16-13/h1-9H,10-11H2. The number of pyridine rings is 1. The van der Waals surface area contributed by atoms with E-state index in [4.69, 9.17) is 0 Å². The number of rotatable bonds is 6. The van der Waals surface area contributed by atoms with E-state index in [1.807, 2.05) is 61.1 Å². The molecule has 1 aromatic carbocycles. The minimum absolute atomic E-state index is 0.961. The predicted molar refractivity (Wildman–Crippen MR) is 96.2 cm³/mol. The van der Waals surface area contributed by atoms with Crippen molar-refractivity contribution in [2.45, 2.75) is 11.5 Å². The van der Waals surface area contributed by atoms with Crippen LogP contribution in [0.15, 0.2) is 54.0 Å². The number of hydrogen-bond acceptors (Lipinski definition) is 5. The molecule has 0 unspecified atom stereocenters. The number of thiophene rings is 1. The fourth-order valence-corrected chi connectivity index (χ4v) is 6.44. The fraction of sp³-hybridized carbons (Fsp3) is 0.133. The summed E-state index contributed by atoms with van der Waals surface area (Å²) < 4.78 is 1.38. The van der Waals surface area contributed by atoms with Gasteiger partial charge in [-0.3, -0.25) is 4.98 Å². The summed E-state index contributed by atoms with van der Waals surface area (Å²) in [5, 5.41) is 3.68. The molecule has 0 aliphatic heterocycles. The third kappa shape index (κ3) is 3.73. The van der Waals surface area contributed by atoms with Crippen LogP contribution >= 0.6 is 42.8 Å². The van der Waals surface area contributed by atoms with Crippen molar-refractivity contribution in [3.05, 3.63) is 65.3 Å². The summed E-state index contributed by atoms with van der Waals surface area (Å²) in [4.78, 5) is 4.33. The molecule has 1 nitrogen and oxygen atoms in total. The Hall–Kier alpha value is -0.620. The van der Waals surface area contributed by atoms with Gasteiger partial charge in [0.1, 0.15) is 0 Å². The van der Waals surface area contributed by atoms with Crippen molar-refractivity contribution in [1.82, 2.24) is 4.98 Å². The van der Waals surface area contributed by atoms with Gasteiger partial charge in [-0.05, 0) is 44.4 Å². The maximum atomic E-state index is 4.33. The van der Waals surface area contributed by atoms with Gasteiger partial charge in [0.2, 0.25) is 0 Å². The average molecular weight is 336 g/mol. The zero-order valence-corrected chi connectivity index (χ0v) is 14.0. The Labute approximate surface area is 134 Å². The molecule has 0 spiro atoms. The SMILES string of the molecule is c1ccc(CSSSCc2csc3ccccc23)nc1. The van der Waals surface area contributed by atoms with Gasteiger partial charge in [-0.25, -0.2) is 0 Å². The average Bonchev–Trinajstić information content (AvgIpc) is 2.91. The highest BCUT2D eigenvalue weighted by molar-refractivity contribution is 9.09. The Bertz CT molecular complexity index is 666. The zero-order valence-electron chi connectivity index (χ0n) is 10.7. The fourth-order valence-electron chi connectivity index (χ4n) is 1.83. The van der Waals surface area contributed by atoms with Gasteiger partial charge in [0.25, 0.3) is 0 Å². The van der Waals surface area contributed by atoms with Crippen LogP contribution in [0.1, 0.15) is 11.3 Å². The van der Waals surface area contributed by atoms with Crippen LogP contribution in [0, 0.1) is 0 Å². The van der Waals surface area contributed by atoms with Crippen LogP contribution in [-0.2, 0) is 11.5 Å². The first-order valence-corrected chi connectivity index (χ1v) is 10.9. The maximum absolute atomic E-state index is 4.33. The second-order valence-corrected chi connectivity index (χ2v) is 9.31. The number of fused-ring (bicyclic) bond motifs is 1. The normalized spacial score (nSPS) is 11.0. The van der Waals surface area contributed by atoms with Crippen LogP contribution < -0.4 is 0 Å². The predicted octanol–water partition coefficient (Wildman–Crippen LogP) is 6.03. The number of nitrogens with zero attached hydrogens (tertiary/aromatic N) is 1. The van der Waals surface area contributed by atoms with Crippen molar-refractivity contribution in [3.8, 4) is 0 Å². The first kappa shape index (κ1) is 14.3. The summed E-state index contributed by atoms with van der Waals surface area (Å²) in [6, 6.07) is 14.7. The third-order valence-electron chi connectivity index (χ3n) is 2.80. The van der Waals surface area contributed by atoms with Crippen LogP contribution in [0.25, 0.3) is 10.1 Å². The molecule has 0 N–H and O–H groups in total. The van der Waals surface area contributed by atoms with Crippen molar-refractivity contribution in [3.63, 3.8) is 0 Å². The third-order valence-corrected chi connectivity index (χ3v) is 7.87. The van der Waals surface area contributed by atoms with Gasteiger partial charge in [-0.15, -0.1) is 11.3 Å². The van der Waals surface area contributed by atoms with Crippen molar-refractivity contribution in [2.75, 3.05) is 0 Å². The molecule has 0 bridgehead atoms. The molecular formula is C15H13NS4. The van der Waals surface area contributed by atoms with Gasteiger partial charge in [0.15, 0.2) is 0 Å². The monoisotopic (exact) mass is 335 g/mol. The Morgan fingerprint density at radius 2 is 1.80 bits per heavy atom. The lowest BCUT2D eigenvalue weighted by molar-refractivity contribution is 1.18. The van der Waals surface area contributed by atoms with Gasteiger partial charge in [-0.1, -0.05) is 45.9 Å². The zero-order chi connectivity index (χ0) is 13.6. The highest BCUT2D eigenvalue weighted by atomic mass is 33.5. The van der Waals surface area contributed by atoms with Crippen molar-refractivity contribution in [1.29, 1.82) is 0 Å². The van der Waals surface area contributed by atoms with E-state index in [9.17, 15) is 0 Å². The number of aromatic nitrogens is 1. The second-order valence-electron chi connectivity index (χ2n) is 4.17. The van der Waals surface area contributed by atoms with Gasteiger partial charge in [0.05, 0.1) is 5.69 Å². The minimum atomic E-state index is 0.961. The summed E-state index contributed by atoms with van der Waals surface area (Å²) >= 11 is 1.84. The summed E-state index contributed by atoms with van der Waals surface area (Å²) in [7, 11) is 5.61. The molecule has 3 aromatic rings. The molecule has 0 saturated heterocycles. The molecule has 0 amide bonds. The Kier molecular flexibility index (Phi) is 5.30. The number of hydrogen-bond donors (Lipinski definition) is 0. The van der Waals surface area contributed by atoms with Gasteiger partial charge >= 0.3 is 0 Å². The van der Waals surface area contributed by atoms with Crippen LogP contribution in [0.5, 0.6) is 0 Å². The maximum Gasteiger partial charge on any atom is 0.0511 e. The van der Waals surface area contributed by atoms with E-state index < -0.39 is 0 Å². The van der Waals surface area contributed by atoms with E-state index in [1.54, 1.807) is 0 Å². The summed E-state index contributed by atoms with van der Waals surface area (Å²) in [5.74, 6) is 2.02. The van der Waals surface area contributed by atoms with Crippen LogP contribution in [-0.4, -0.2) is 4.98 Å². The summed E-state index contributed by atoms with van der Waals surface area (Å²) in [6.07, 6.45) is 1.85. The quantitative estimate of drug-likeness (QED) is 0.403. The summed E-state index contributed by atoms with van der Waals surface area (Å²) in [6.45, 7) is 0. The molecule has 0 atom stereocenters. The van der Waals surface area contributed by atoms with E-state index in [1.165, 1.54) is 15.6 Å². The van der Waals surface area contributed by atoms with E-state index in [0.717, 1.165) is 17.2 Å². The van der Waals surface area contributed by atoms with E-state index in [2.05, 4.69) is 40.7 Å². The molecule has 0 saturated carbocycles. The largest absolute Gasteiger partial charge is 0.260 e. The molecule has 0 aliphatic carbocycles. The van der Waals surface area contributed by atoms with Crippen LogP contribution in [0.2, 0.25) is 0 Å². The topological polar surface area (TPSA) is 12.9 Å². The van der Waals surface area contributed by atoms with Gasteiger partial charge < -0.3 is 0 Å². The Morgan fingerprint density at radius 3 is 2.70 bits per heavy atom. The molecule has 3 rings (SSSR count). The van der Waals surface area contributed by atoms with Gasteiger partial charge in [-0.2, -0.15) is 0 Å². The molecule has 0 fully saturated rings. The Morgan fingerprint density at radius 1 is 0.950 bits per heavy atom. The molecule has 20 heavy (non-hydrogen) atoms.